The van der Waals surface area contributed by atoms with Gasteiger partial charge in [0.05, 0.1) is 6.54 Å². The van der Waals surface area contributed by atoms with E-state index >= 15 is 0 Å². The lowest BCUT2D eigenvalue weighted by Gasteiger charge is -2.27. The molecule has 0 aromatic carbocycles. The summed E-state index contributed by atoms with van der Waals surface area (Å²) in [6.45, 7) is 5.06. The van der Waals surface area contributed by atoms with Crippen molar-refractivity contribution < 1.29 is 9.90 Å². The summed E-state index contributed by atoms with van der Waals surface area (Å²) in [5.41, 5.74) is 0.987. The van der Waals surface area contributed by atoms with Crippen LogP contribution in [-0.2, 0) is 6.54 Å². The first kappa shape index (κ1) is 13.1. The van der Waals surface area contributed by atoms with E-state index in [0.717, 1.165) is 12.2 Å². The Bertz CT molecular complexity index is 517. The van der Waals surface area contributed by atoms with Crippen LogP contribution in [0.1, 0.15) is 28.4 Å². The van der Waals surface area contributed by atoms with Crippen molar-refractivity contribution in [2.45, 2.75) is 26.4 Å². The van der Waals surface area contributed by atoms with Gasteiger partial charge < -0.3 is 10.0 Å². The summed E-state index contributed by atoms with van der Waals surface area (Å²) < 4.78 is 0. The molecular formula is C13H15NO2S2. The Morgan fingerprint density at radius 3 is 2.72 bits per heavy atom. The van der Waals surface area contributed by atoms with Gasteiger partial charge in [-0.2, -0.15) is 0 Å². The molecule has 3 nitrogen and oxygen atoms in total. The smallest absolute Gasteiger partial charge is 0.345 e. The second-order valence-electron chi connectivity index (χ2n) is 4.28. The molecule has 0 saturated heterocycles. The molecule has 0 amide bonds. The highest BCUT2D eigenvalue weighted by atomic mass is 32.1. The molecule has 2 heterocycles. The van der Waals surface area contributed by atoms with Gasteiger partial charge in [-0.25, -0.2) is 4.79 Å². The van der Waals surface area contributed by atoms with Crippen LogP contribution in [0.5, 0.6) is 0 Å². The zero-order chi connectivity index (χ0) is 13.1. The van der Waals surface area contributed by atoms with E-state index in [0.29, 0.717) is 10.9 Å². The Morgan fingerprint density at radius 1 is 1.44 bits per heavy atom. The van der Waals surface area contributed by atoms with Crippen LogP contribution in [0, 0.1) is 0 Å². The number of aromatic carboxylic acids is 1. The van der Waals surface area contributed by atoms with E-state index in [-0.39, 0.29) is 0 Å². The molecule has 96 valence electrons. The van der Waals surface area contributed by atoms with Gasteiger partial charge in [-0.05, 0) is 31.4 Å². The molecule has 5 heteroatoms. The lowest BCUT2D eigenvalue weighted by molar-refractivity contribution is 0.0702. The second-order valence-corrected chi connectivity index (χ2v) is 6.22. The zero-order valence-corrected chi connectivity index (χ0v) is 11.9. The number of carboxylic acid groups (broad SMARTS) is 1. The predicted octanol–water partition coefficient (Wildman–Crippen LogP) is 3.92. The first-order chi connectivity index (χ1) is 8.58. The third-order valence-corrected chi connectivity index (χ3v) is 4.42. The SMILES string of the molecule is CC(C)N(Cc1cccs1)c1csc(C(=O)O)c1. The van der Waals surface area contributed by atoms with Crippen molar-refractivity contribution in [1.82, 2.24) is 0 Å². The Hall–Kier alpha value is -1.33. The first-order valence-electron chi connectivity index (χ1n) is 5.69. The number of carbonyl (C=O) groups is 1. The lowest BCUT2D eigenvalue weighted by Crippen LogP contribution is -2.29. The largest absolute Gasteiger partial charge is 0.477 e. The normalized spacial score (nSPS) is 10.8. The average molecular weight is 281 g/mol. The quantitative estimate of drug-likeness (QED) is 0.903. The van der Waals surface area contributed by atoms with Crippen LogP contribution in [0.4, 0.5) is 5.69 Å². The minimum absolute atomic E-state index is 0.336. The van der Waals surface area contributed by atoms with Crippen LogP contribution in [0.25, 0.3) is 0 Å². The van der Waals surface area contributed by atoms with Crippen molar-refractivity contribution in [1.29, 1.82) is 0 Å². The standard InChI is InChI=1S/C13H15NO2S2/c1-9(2)14(7-11-4-3-5-17-11)10-6-12(13(15)16)18-8-10/h3-6,8-9H,7H2,1-2H3,(H,15,16). The molecule has 0 aliphatic rings. The predicted molar refractivity (Wildman–Crippen MR) is 76.9 cm³/mol. The van der Waals surface area contributed by atoms with Gasteiger partial charge >= 0.3 is 5.97 Å². The fourth-order valence-electron chi connectivity index (χ4n) is 1.73. The number of thiophene rings is 2. The van der Waals surface area contributed by atoms with Gasteiger partial charge in [-0.1, -0.05) is 6.07 Å². The molecule has 0 spiro atoms. The molecule has 0 aliphatic heterocycles. The molecule has 0 bridgehead atoms. The van der Waals surface area contributed by atoms with Crippen LogP contribution in [0.2, 0.25) is 0 Å². The van der Waals surface area contributed by atoms with Crippen molar-refractivity contribution in [3.05, 3.63) is 38.7 Å². The van der Waals surface area contributed by atoms with Crippen molar-refractivity contribution in [2.24, 2.45) is 0 Å². The second kappa shape index (κ2) is 5.54. The van der Waals surface area contributed by atoms with Gasteiger partial charge in [-0.3, -0.25) is 0 Å². The molecule has 2 rings (SSSR count). The minimum atomic E-state index is -0.855. The van der Waals surface area contributed by atoms with E-state index in [1.807, 2.05) is 11.4 Å². The van der Waals surface area contributed by atoms with Crippen LogP contribution in [-0.4, -0.2) is 17.1 Å². The van der Waals surface area contributed by atoms with Gasteiger partial charge in [-0.15, -0.1) is 22.7 Å². The molecule has 0 saturated carbocycles. The summed E-state index contributed by atoms with van der Waals surface area (Å²) in [5.74, 6) is -0.855. The topological polar surface area (TPSA) is 40.5 Å². The van der Waals surface area contributed by atoms with Gasteiger partial charge in [0.2, 0.25) is 0 Å². The van der Waals surface area contributed by atoms with Crippen molar-refractivity contribution >= 4 is 34.3 Å². The van der Waals surface area contributed by atoms with E-state index < -0.39 is 5.97 Å². The number of nitrogens with zero attached hydrogens (tertiary/aromatic N) is 1. The first-order valence-corrected chi connectivity index (χ1v) is 7.44. The molecular weight excluding hydrogens is 266 g/mol. The summed E-state index contributed by atoms with van der Waals surface area (Å²) in [4.78, 5) is 14.8. The van der Waals surface area contributed by atoms with Crippen molar-refractivity contribution in [3.63, 3.8) is 0 Å². The van der Waals surface area contributed by atoms with Gasteiger partial charge in [0, 0.05) is 22.0 Å². The summed E-state index contributed by atoms with van der Waals surface area (Å²) in [7, 11) is 0. The van der Waals surface area contributed by atoms with Crippen LogP contribution < -0.4 is 4.90 Å². The van der Waals surface area contributed by atoms with Crippen LogP contribution in [0.3, 0.4) is 0 Å². The van der Waals surface area contributed by atoms with E-state index in [2.05, 4.69) is 30.2 Å². The van der Waals surface area contributed by atoms with Crippen molar-refractivity contribution in [2.75, 3.05) is 4.90 Å². The number of hydrogen-bond acceptors (Lipinski definition) is 4. The number of anilines is 1. The maximum absolute atomic E-state index is 10.9. The van der Waals surface area contributed by atoms with Crippen LogP contribution in [0.15, 0.2) is 29.0 Å². The molecule has 2 aromatic heterocycles. The maximum Gasteiger partial charge on any atom is 0.345 e. The molecule has 0 unspecified atom stereocenters. The van der Waals surface area contributed by atoms with E-state index in [4.69, 9.17) is 5.11 Å². The monoisotopic (exact) mass is 281 g/mol. The molecule has 1 N–H and O–H groups in total. The fourth-order valence-corrected chi connectivity index (χ4v) is 3.17. The molecule has 0 aliphatic carbocycles. The highest BCUT2D eigenvalue weighted by molar-refractivity contribution is 7.12. The fraction of sp³-hybridized carbons (Fsp3) is 0.308. The van der Waals surface area contributed by atoms with Crippen molar-refractivity contribution in [3.8, 4) is 0 Å². The summed E-state index contributed by atoms with van der Waals surface area (Å²) >= 11 is 3.00. The zero-order valence-electron chi connectivity index (χ0n) is 10.3. The summed E-state index contributed by atoms with van der Waals surface area (Å²) in [6.07, 6.45) is 0. The Kier molecular flexibility index (Phi) is 4.04. The van der Waals surface area contributed by atoms with E-state index in [9.17, 15) is 4.79 Å². The number of hydrogen-bond donors (Lipinski definition) is 1. The number of carboxylic acids is 1. The van der Waals surface area contributed by atoms with Crippen LogP contribution >= 0.6 is 22.7 Å². The molecule has 0 atom stereocenters. The Morgan fingerprint density at radius 2 is 2.22 bits per heavy atom. The van der Waals surface area contributed by atoms with E-state index in [1.54, 1.807) is 17.4 Å². The van der Waals surface area contributed by atoms with Gasteiger partial charge in [0.1, 0.15) is 4.88 Å². The third kappa shape index (κ3) is 2.91. The average Bonchev–Trinajstić information content (AvgIpc) is 2.96. The maximum atomic E-state index is 10.9. The molecule has 18 heavy (non-hydrogen) atoms. The minimum Gasteiger partial charge on any atom is -0.477 e. The highest BCUT2D eigenvalue weighted by Gasteiger charge is 2.15. The Balaban J connectivity index is 2.21. The lowest BCUT2D eigenvalue weighted by atomic mass is 10.2. The van der Waals surface area contributed by atoms with Gasteiger partial charge in [0.25, 0.3) is 0 Å². The number of rotatable bonds is 5. The third-order valence-electron chi connectivity index (χ3n) is 2.66. The molecule has 0 fully saturated rings. The molecule has 2 aromatic rings. The molecule has 0 radical (unpaired) electrons. The van der Waals surface area contributed by atoms with E-state index in [1.165, 1.54) is 16.2 Å². The summed E-state index contributed by atoms with van der Waals surface area (Å²) in [5, 5.41) is 12.9. The summed E-state index contributed by atoms with van der Waals surface area (Å²) in [6, 6.07) is 6.23. The highest BCUT2D eigenvalue weighted by Crippen LogP contribution is 2.27. The Labute approximate surface area is 114 Å². The van der Waals surface area contributed by atoms with Gasteiger partial charge in [0.15, 0.2) is 0 Å².